The van der Waals surface area contributed by atoms with Crippen LogP contribution >= 0.6 is 11.6 Å². The largest absolute Gasteiger partial charge is 1.00 e. The van der Waals surface area contributed by atoms with Gasteiger partial charge < -0.3 is 19.5 Å². The summed E-state index contributed by atoms with van der Waals surface area (Å²) in [5.41, 5.74) is -0.0285. The van der Waals surface area contributed by atoms with Crippen LogP contribution in [0.4, 0.5) is 29.3 Å². The second-order valence-corrected chi connectivity index (χ2v) is 8.64. The molecule has 1 N–H and O–H groups in total. The molecule has 0 atom stereocenters. The number of alkyl halides is 3. The molecule has 1 aromatic carbocycles. The zero-order chi connectivity index (χ0) is 23.5. The van der Waals surface area contributed by atoms with Gasteiger partial charge in [-0.15, -0.1) is 13.2 Å². The Morgan fingerprint density at radius 3 is 2.58 bits per heavy atom. The third-order valence-electron chi connectivity index (χ3n) is 4.27. The van der Waals surface area contributed by atoms with Gasteiger partial charge in [-0.25, -0.2) is 8.42 Å². The molecule has 16 heteroatoms. The summed E-state index contributed by atoms with van der Waals surface area (Å²) < 4.78 is 78.0. The van der Waals surface area contributed by atoms with Crippen LogP contribution in [-0.2, 0) is 22.0 Å². The van der Waals surface area contributed by atoms with Crippen LogP contribution in [0.5, 0.6) is 5.75 Å². The van der Waals surface area contributed by atoms with Crippen LogP contribution in [0.3, 0.4) is 0 Å². The minimum atomic E-state index is -4.98. The molecule has 1 saturated heterocycles. The number of nitrogens with zero attached hydrogens (tertiary/aromatic N) is 4. The van der Waals surface area contributed by atoms with Crippen LogP contribution in [0, 0.1) is 0 Å². The number of aryl methyl sites for hydroxylation is 1. The van der Waals surface area contributed by atoms with E-state index >= 15 is 0 Å². The first-order valence-electron chi connectivity index (χ1n) is 9.14. The number of nitrogens with one attached hydrogen (secondary N) is 1. The van der Waals surface area contributed by atoms with Crippen molar-refractivity contribution in [3.05, 3.63) is 40.3 Å². The Balaban J connectivity index is 0.00000385. The van der Waals surface area contributed by atoms with Crippen molar-refractivity contribution in [3.63, 3.8) is 0 Å². The van der Waals surface area contributed by atoms with Crippen LogP contribution in [0.2, 0.25) is 5.02 Å². The molecule has 2 amide bonds. The fraction of sp³-hybridized carbons (Fsp3) is 0.412. The van der Waals surface area contributed by atoms with Crippen molar-refractivity contribution in [2.45, 2.75) is 25.2 Å². The van der Waals surface area contributed by atoms with Crippen LogP contribution in [0.25, 0.3) is 4.72 Å². The van der Waals surface area contributed by atoms with Crippen molar-refractivity contribution in [2.75, 3.05) is 22.8 Å². The van der Waals surface area contributed by atoms with Gasteiger partial charge in [-0.1, -0.05) is 11.6 Å². The van der Waals surface area contributed by atoms with E-state index in [1.165, 1.54) is 17.1 Å². The molecule has 2 aromatic rings. The number of carbonyl (C=O) groups is 1. The maximum atomic E-state index is 13.0. The van der Waals surface area contributed by atoms with E-state index in [9.17, 15) is 26.4 Å². The van der Waals surface area contributed by atoms with E-state index in [1.54, 1.807) is 7.05 Å². The third kappa shape index (κ3) is 7.93. The van der Waals surface area contributed by atoms with Gasteiger partial charge in [0.05, 0.1) is 11.9 Å². The Morgan fingerprint density at radius 2 is 2.00 bits per heavy atom. The molecule has 33 heavy (non-hydrogen) atoms. The molecule has 3 rings (SSSR count). The van der Waals surface area contributed by atoms with Gasteiger partial charge in [0.1, 0.15) is 5.75 Å². The van der Waals surface area contributed by atoms with Gasteiger partial charge in [0.2, 0.25) is 0 Å². The van der Waals surface area contributed by atoms with E-state index in [0.29, 0.717) is 26.1 Å². The summed E-state index contributed by atoms with van der Waals surface area (Å²) in [5, 5.41) is 5.87. The summed E-state index contributed by atoms with van der Waals surface area (Å²) in [4.78, 5) is 12.3. The Hall–Kier alpha value is -1.71. The van der Waals surface area contributed by atoms with Crippen molar-refractivity contribution < 1.29 is 65.4 Å². The molecule has 176 valence electrons. The second-order valence-electron chi connectivity index (χ2n) is 6.73. The maximum Gasteiger partial charge on any atom is 1.00 e. The molecule has 0 spiro atoms. The number of halogens is 4. The number of rotatable bonds is 6. The van der Waals surface area contributed by atoms with E-state index in [4.69, 9.17) is 16.3 Å². The first-order chi connectivity index (χ1) is 14.9. The molecule has 2 heterocycles. The van der Waals surface area contributed by atoms with Crippen molar-refractivity contribution in [3.8, 4) is 5.75 Å². The second kappa shape index (κ2) is 11.1. The van der Waals surface area contributed by atoms with E-state index in [-0.39, 0.29) is 46.0 Å². The first kappa shape index (κ1) is 27.5. The molecule has 0 bridgehead atoms. The number of amides is 2. The van der Waals surface area contributed by atoms with Gasteiger partial charge in [-0.2, -0.15) is 5.10 Å². The molecule has 0 aliphatic carbocycles. The Kier molecular flexibility index (Phi) is 9.30. The van der Waals surface area contributed by atoms with Crippen LogP contribution < -0.4 is 43.9 Å². The molecule has 0 radical (unpaired) electrons. The maximum absolute atomic E-state index is 13.0. The van der Waals surface area contributed by atoms with Crippen LogP contribution in [0.15, 0.2) is 30.6 Å². The van der Waals surface area contributed by atoms with Gasteiger partial charge >= 0.3 is 35.9 Å². The predicted molar refractivity (Wildman–Crippen MR) is 109 cm³/mol. The third-order valence-corrected chi connectivity index (χ3v) is 5.89. The minimum absolute atomic E-state index is 0. The summed E-state index contributed by atoms with van der Waals surface area (Å²) in [6, 6.07) is 0.978. The average molecular weight is 520 g/mol. The van der Waals surface area contributed by atoms with E-state index in [0.717, 1.165) is 22.5 Å². The molecule has 10 nitrogen and oxygen atoms in total. The fourth-order valence-electron chi connectivity index (χ4n) is 3.10. The van der Waals surface area contributed by atoms with Gasteiger partial charge in [-0.05, 0) is 36.7 Å². The van der Waals surface area contributed by atoms with Gasteiger partial charge in [0.15, 0.2) is 6.03 Å². The number of urea groups is 1. The Bertz CT molecular complexity index is 1080. The van der Waals surface area contributed by atoms with Gasteiger partial charge in [-0.3, -0.25) is 13.8 Å². The number of ether oxygens (including phenoxy) is 2. The van der Waals surface area contributed by atoms with E-state index < -0.39 is 34.4 Å². The fourth-order valence-corrected chi connectivity index (χ4v) is 4.61. The predicted octanol–water partition coefficient (Wildman–Crippen LogP) is 0.812. The van der Waals surface area contributed by atoms with Crippen molar-refractivity contribution >= 4 is 39.2 Å². The number of hydrogen-bond donors (Lipinski definition) is 1. The molecular weight excluding hydrogens is 502 g/mol. The molecule has 1 aliphatic rings. The number of anilines is 2. The normalized spacial score (nSPS) is 14.8. The monoisotopic (exact) mass is 519 g/mol. The first-order valence-corrected chi connectivity index (χ1v) is 10.9. The van der Waals surface area contributed by atoms with Crippen molar-refractivity contribution in [2.24, 2.45) is 7.05 Å². The molecule has 1 aliphatic heterocycles. The zero-order valence-corrected chi connectivity index (χ0v) is 21.1. The van der Waals surface area contributed by atoms with Crippen molar-refractivity contribution in [1.82, 2.24) is 9.78 Å². The summed E-state index contributed by atoms with van der Waals surface area (Å²) in [6.45, 7) is 0.654. The summed E-state index contributed by atoms with van der Waals surface area (Å²) in [7, 11) is -2.94. The van der Waals surface area contributed by atoms with Crippen LogP contribution in [0.1, 0.15) is 12.8 Å². The Labute approximate surface area is 214 Å². The van der Waals surface area contributed by atoms with Gasteiger partial charge in [0.25, 0.3) is 10.2 Å². The summed E-state index contributed by atoms with van der Waals surface area (Å²) in [6.07, 6.45) is -1.46. The number of benzene rings is 1. The number of carbonyl (C=O) groups excluding carboxylic acids is 1. The SMILES string of the molecule is Cn1cc(N(C2CCOCC2)S(=O)(=O)[N-]C(=O)Nc2cc(Cl)cc(OC(F)(F)F)c2)cn1.[Na+]. The van der Waals surface area contributed by atoms with E-state index in [1.807, 2.05) is 0 Å². The zero-order valence-electron chi connectivity index (χ0n) is 17.5. The summed E-state index contributed by atoms with van der Waals surface area (Å²) in [5.74, 6) is -0.692. The Morgan fingerprint density at radius 1 is 1.33 bits per heavy atom. The van der Waals surface area contributed by atoms with Crippen molar-refractivity contribution in [1.29, 1.82) is 0 Å². The topological polar surface area (TPSA) is 117 Å². The smallest absolute Gasteiger partial charge is 0.423 e. The average Bonchev–Trinajstić information content (AvgIpc) is 3.05. The molecular formula is C17H18ClF3N5NaO5S. The summed E-state index contributed by atoms with van der Waals surface area (Å²) >= 11 is 5.75. The molecule has 0 unspecified atom stereocenters. The van der Waals surface area contributed by atoms with E-state index in [2.05, 4.69) is 19.9 Å². The molecule has 0 saturated carbocycles. The molecule has 1 fully saturated rings. The standard InChI is InChI=1S/C17H19ClF3N5O5S.Na/c1-25-10-14(9-22-25)26(13-2-4-30-5-3-13)32(28,29)24-16(27)23-12-6-11(18)7-15(8-12)31-17(19,20)21;/h6-10,13H,2-5H2,1H3,(H2,23,24,27);/q;+1/p-1. The minimum Gasteiger partial charge on any atom is -0.423 e. The van der Waals surface area contributed by atoms with Gasteiger partial charge in [0, 0.05) is 37.5 Å². The number of aromatic nitrogens is 2. The number of hydrogen-bond acceptors (Lipinski definition) is 6. The van der Waals surface area contributed by atoms with Crippen LogP contribution in [-0.4, -0.2) is 49.8 Å². The quantitative estimate of drug-likeness (QED) is 0.565. The molecule has 1 aromatic heterocycles.